The Balaban J connectivity index is 2.78. The van der Waals surface area contributed by atoms with Gasteiger partial charge in [-0.05, 0) is 97.9 Å². The van der Waals surface area contributed by atoms with Gasteiger partial charge >= 0.3 is 12.1 Å². The van der Waals surface area contributed by atoms with Crippen molar-refractivity contribution >= 4 is 29.8 Å². The fourth-order valence-corrected chi connectivity index (χ4v) is 5.27. The predicted molar refractivity (Wildman–Crippen MR) is 185 cm³/mol. The highest BCUT2D eigenvalue weighted by Gasteiger charge is 2.45. The van der Waals surface area contributed by atoms with E-state index in [1.165, 1.54) is 4.90 Å². The number of ether oxygens (including phenoxy) is 2. The Morgan fingerprint density at radius 3 is 1.79 bits per heavy atom. The SMILES string of the molecule is CCC(C)(C)N(C(=O)C(CC(N)=O)NC(=O)OC(C)(C)C)C(C(=O)NC(Cc1ccccc1)C(=O)OC(C)(C)C)c1c(C)cccc1C. The number of nitrogens with two attached hydrogens (primary N) is 1. The molecule has 48 heavy (non-hydrogen) atoms. The fraction of sp³-hybridized carbons (Fsp3) is 0.541. The van der Waals surface area contributed by atoms with Crippen LogP contribution in [0.3, 0.4) is 0 Å². The molecule has 0 aromatic heterocycles. The molecule has 2 aromatic rings. The van der Waals surface area contributed by atoms with Gasteiger partial charge in [0.15, 0.2) is 0 Å². The highest BCUT2D eigenvalue weighted by atomic mass is 16.6. The highest BCUT2D eigenvalue weighted by molar-refractivity contribution is 5.96. The molecule has 11 heteroatoms. The lowest BCUT2D eigenvalue weighted by atomic mass is 9.88. The van der Waals surface area contributed by atoms with Gasteiger partial charge in [-0.2, -0.15) is 0 Å². The maximum atomic E-state index is 14.8. The Bertz CT molecular complexity index is 1440. The Morgan fingerprint density at radius 2 is 1.31 bits per heavy atom. The van der Waals surface area contributed by atoms with Crippen molar-refractivity contribution < 1.29 is 33.4 Å². The average molecular weight is 667 g/mol. The van der Waals surface area contributed by atoms with Crippen LogP contribution in [0.2, 0.25) is 0 Å². The lowest BCUT2D eigenvalue weighted by Gasteiger charge is -2.45. The topological polar surface area (TPSA) is 157 Å². The first-order valence-electron chi connectivity index (χ1n) is 16.3. The largest absolute Gasteiger partial charge is 0.458 e. The van der Waals surface area contributed by atoms with Gasteiger partial charge < -0.3 is 30.7 Å². The number of hydrogen-bond acceptors (Lipinski definition) is 7. The van der Waals surface area contributed by atoms with Crippen LogP contribution in [0, 0.1) is 13.8 Å². The van der Waals surface area contributed by atoms with Gasteiger partial charge in [0.05, 0.1) is 6.42 Å². The molecule has 2 rings (SSSR count). The Labute approximate surface area is 285 Å². The number of hydrogen-bond donors (Lipinski definition) is 3. The van der Waals surface area contributed by atoms with Crippen LogP contribution < -0.4 is 16.4 Å². The molecular formula is C37H54N4O7. The molecule has 0 saturated heterocycles. The number of benzene rings is 2. The normalized spacial score (nSPS) is 13.8. The highest BCUT2D eigenvalue weighted by Crippen LogP contribution is 2.35. The molecule has 4 N–H and O–H groups in total. The quantitative estimate of drug-likeness (QED) is 0.248. The van der Waals surface area contributed by atoms with Crippen LogP contribution in [-0.4, -0.2) is 63.5 Å². The van der Waals surface area contributed by atoms with Crippen LogP contribution in [0.15, 0.2) is 48.5 Å². The first-order valence-corrected chi connectivity index (χ1v) is 16.3. The van der Waals surface area contributed by atoms with E-state index in [2.05, 4.69) is 10.6 Å². The molecule has 0 aliphatic rings. The number of nitrogens with one attached hydrogen (secondary N) is 2. The molecule has 3 unspecified atom stereocenters. The van der Waals surface area contributed by atoms with Crippen molar-refractivity contribution in [2.24, 2.45) is 5.73 Å². The molecule has 0 spiro atoms. The summed E-state index contributed by atoms with van der Waals surface area (Å²) >= 11 is 0. The number of aryl methyl sites for hydroxylation is 2. The molecule has 2 aromatic carbocycles. The molecular weight excluding hydrogens is 612 g/mol. The Kier molecular flexibility index (Phi) is 13.4. The third-order valence-electron chi connectivity index (χ3n) is 7.76. The zero-order chi connectivity index (χ0) is 36.6. The minimum absolute atomic E-state index is 0.136. The number of nitrogens with zero attached hydrogens (tertiary/aromatic N) is 1. The van der Waals surface area contributed by atoms with E-state index in [9.17, 15) is 24.0 Å². The number of amides is 4. The van der Waals surface area contributed by atoms with E-state index in [1.54, 1.807) is 55.4 Å². The number of rotatable bonds is 13. The zero-order valence-corrected chi connectivity index (χ0v) is 30.4. The third kappa shape index (κ3) is 11.7. The van der Waals surface area contributed by atoms with Gasteiger partial charge in [0.2, 0.25) is 17.7 Å². The van der Waals surface area contributed by atoms with Gasteiger partial charge in [0.1, 0.15) is 29.3 Å². The number of primary amides is 1. The molecule has 0 saturated carbocycles. The van der Waals surface area contributed by atoms with E-state index in [0.717, 1.165) is 16.7 Å². The van der Waals surface area contributed by atoms with Crippen molar-refractivity contribution in [1.82, 2.24) is 15.5 Å². The number of alkyl carbamates (subject to hydrolysis) is 1. The summed E-state index contributed by atoms with van der Waals surface area (Å²) in [4.78, 5) is 69.6. The first-order chi connectivity index (χ1) is 22.1. The van der Waals surface area contributed by atoms with Gasteiger partial charge in [0.25, 0.3) is 0 Å². The van der Waals surface area contributed by atoms with E-state index in [1.807, 2.05) is 69.3 Å². The molecule has 3 atom stereocenters. The molecule has 0 heterocycles. The molecule has 4 amide bonds. The van der Waals surface area contributed by atoms with E-state index in [-0.39, 0.29) is 6.42 Å². The van der Waals surface area contributed by atoms with E-state index in [4.69, 9.17) is 15.2 Å². The summed E-state index contributed by atoms with van der Waals surface area (Å²) in [7, 11) is 0. The van der Waals surface area contributed by atoms with Crippen LogP contribution in [0.1, 0.15) is 103 Å². The smallest absolute Gasteiger partial charge is 0.408 e. The number of esters is 1. The molecule has 0 aliphatic heterocycles. The second-order valence-electron chi connectivity index (χ2n) is 14.7. The summed E-state index contributed by atoms with van der Waals surface area (Å²) in [6.07, 6.45) is -0.930. The summed E-state index contributed by atoms with van der Waals surface area (Å²) in [5, 5.41) is 5.43. The third-order valence-corrected chi connectivity index (χ3v) is 7.76. The van der Waals surface area contributed by atoms with Crippen molar-refractivity contribution in [1.29, 1.82) is 0 Å². The molecule has 0 bridgehead atoms. The molecule has 0 aliphatic carbocycles. The summed E-state index contributed by atoms with van der Waals surface area (Å²) in [5.41, 5.74) is 5.63. The average Bonchev–Trinajstić information content (AvgIpc) is 2.93. The van der Waals surface area contributed by atoms with Crippen molar-refractivity contribution in [2.45, 2.75) is 130 Å². The lowest BCUT2D eigenvalue weighted by molar-refractivity contribution is -0.159. The molecule has 0 radical (unpaired) electrons. The Hall–Kier alpha value is -4.41. The number of carbonyl (C=O) groups is 5. The summed E-state index contributed by atoms with van der Waals surface area (Å²) < 4.78 is 11.1. The van der Waals surface area contributed by atoms with Crippen molar-refractivity contribution in [3.05, 3.63) is 70.8 Å². The fourth-order valence-electron chi connectivity index (χ4n) is 5.27. The minimum Gasteiger partial charge on any atom is -0.458 e. The first kappa shape index (κ1) is 39.8. The van der Waals surface area contributed by atoms with Gasteiger partial charge in [-0.25, -0.2) is 9.59 Å². The van der Waals surface area contributed by atoms with Crippen LogP contribution >= 0.6 is 0 Å². The zero-order valence-electron chi connectivity index (χ0n) is 30.4. The van der Waals surface area contributed by atoms with Crippen molar-refractivity contribution in [2.75, 3.05) is 0 Å². The number of carbonyl (C=O) groups excluding carboxylic acids is 5. The maximum absolute atomic E-state index is 14.8. The van der Waals surface area contributed by atoms with Crippen LogP contribution in [0.25, 0.3) is 0 Å². The molecule has 264 valence electrons. The van der Waals surface area contributed by atoms with Gasteiger partial charge in [-0.1, -0.05) is 55.5 Å². The Morgan fingerprint density at radius 1 is 0.771 bits per heavy atom. The van der Waals surface area contributed by atoms with Crippen LogP contribution in [-0.2, 0) is 35.1 Å². The monoisotopic (exact) mass is 666 g/mol. The maximum Gasteiger partial charge on any atom is 0.408 e. The van der Waals surface area contributed by atoms with E-state index in [0.29, 0.717) is 12.0 Å². The van der Waals surface area contributed by atoms with E-state index >= 15 is 0 Å². The molecule has 0 fully saturated rings. The van der Waals surface area contributed by atoms with Crippen LogP contribution in [0.5, 0.6) is 0 Å². The van der Waals surface area contributed by atoms with Crippen molar-refractivity contribution in [3.8, 4) is 0 Å². The lowest BCUT2D eigenvalue weighted by Crippen LogP contribution is -2.61. The second-order valence-corrected chi connectivity index (χ2v) is 14.7. The summed E-state index contributed by atoms with van der Waals surface area (Å²) in [6, 6.07) is 10.9. The second kappa shape index (κ2) is 16.1. The standard InChI is InChI=1S/C37H54N4O7/c1-12-37(10,11)41(32(44)26(22-28(38)42)40-34(46)48-36(7,8)9)30(29-23(2)17-16-18-24(29)3)31(43)39-27(33(45)47-35(4,5)6)21-25-19-14-13-15-20-25/h13-20,26-27,30H,12,21-22H2,1-11H3,(H2,38,42)(H,39,43)(H,40,46). The minimum atomic E-state index is -1.45. The van der Waals surface area contributed by atoms with Gasteiger partial charge in [0, 0.05) is 12.0 Å². The van der Waals surface area contributed by atoms with Crippen molar-refractivity contribution in [3.63, 3.8) is 0 Å². The summed E-state index contributed by atoms with van der Waals surface area (Å²) in [6.45, 7) is 19.4. The van der Waals surface area contributed by atoms with E-state index < -0.39 is 71.1 Å². The van der Waals surface area contributed by atoms with Gasteiger partial charge in [-0.3, -0.25) is 14.4 Å². The molecule has 11 nitrogen and oxygen atoms in total. The van der Waals surface area contributed by atoms with Crippen LogP contribution in [0.4, 0.5) is 4.79 Å². The summed E-state index contributed by atoms with van der Waals surface area (Å²) in [5.74, 6) is -2.82. The van der Waals surface area contributed by atoms with Gasteiger partial charge in [-0.15, -0.1) is 0 Å². The predicted octanol–water partition coefficient (Wildman–Crippen LogP) is 5.20.